The standard InChI is InChI=1S/C10H10ClNOS/c1-6-4-3-5-8(11)9(6)12-10(13)7(2)14/h3-5,14H,2H2,1H3,(H,12,13). The van der Waals surface area contributed by atoms with Gasteiger partial charge >= 0.3 is 0 Å². The molecule has 0 saturated carbocycles. The van der Waals surface area contributed by atoms with Gasteiger partial charge in [0.05, 0.1) is 15.6 Å². The molecule has 1 rings (SSSR count). The Morgan fingerprint density at radius 2 is 2.21 bits per heavy atom. The fourth-order valence-corrected chi connectivity index (χ4v) is 1.30. The molecule has 1 N–H and O–H groups in total. The summed E-state index contributed by atoms with van der Waals surface area (Å²) in [5.74, 6) is -0.343. The summed E-state index contributed by atoms with van der Waals surface area (Å²) in [6, 6.07) is 5.40. The number of para-hydroxylation sites is 1. The molecule has 1 amide bonds. The summed E-state index contributed by atoms with van der Waals surface area (Å²) >= 11 is 9.75. The summed E-state index contributed by atoms with van der Waals surface area (Å²) in [7, 11) is 0. The molecule has 0 heterocycles. The quantitative estimate of drug-likeness (QED) is 0.590. The van der Waals surface area contributed by atoms with Crippen LogP contribution in [0.3, 0.4) is 0 Å². The molecule has 0 unspecified atom stereocenters. The van der Waals surface area contributed by atoms with Gasteiger partial charge in [-0.25, -0.2) is 0 Å². The van der Waals surface area contributed by atoms with Gasteiger partial charge in [0, 0.05) is 0 Å². The van der Waals surface area contributed by atoms with Gasteiger partial charge in [0.2, 0.25) is 0 Å². The first-order chi connectivity index (χ1) is 6.52. The van der Waals surface area contributed by atoms with E-state index in [0.717, 1.165) is 5.56 Å². The van der Waals surface area contributed by atoms with Crippen molar-refractivity contribution < 1.29 is 4.79 Å². The highest BCUT2D eigenvalue weighted by Gasteiger charge is 2.08. The molecular formula is C10H10ClNOS. The van der Waals surface area contributed by atoms with E-state index in [2.05, 4.69) is 24.5 Å². The van der Waals surface area contributed by atoms with Crippen molar-refractivity contribution in [3.05, 3.63) is 40.3 Å². The van der Waals surface area contributed by atoms with Gasteiger partial charge < -0.3 is 5.32 Å². The molecule has 74 valence electrons. The second kappa shape index (κ2) is 4.53. The lowest BCUT2D eigenvalue weighted by Crippen LogP contribution is -2.12. The Kier molecular flexibility index (Phi) is 3.61. The van der Waals surface area contributed by atoms with E-state index in [4.69, 9.17) is 11.6 Å². The van der Waals surface area contributed by atoms with Crippen molar-refractivity contribution in [1.29, 1.82) is 0 Å². The molecule has 0 aromatic heterocycles. The lowest BCUT2D eigenvalue weighted by Gasteiger charge is -2.09. The van der Waals surface area contributed by atoms with Crippen LogP contribution in [0.25, 0.3) is 0 Å². The van der Waals surface area contributed by atoms with Crippen LogP contribution in [0.4, 0.5) is 5.69 Å². The molecule has 0 aliphatic heterocycles. The number of rotatable bonds is 2. The maximum absolute atomic E-state index is 11.3. The first-order valence-corrected chi connectivity index (χ1v) is 4.79. The van der Waals surface area contributed by atoms with E-state index < -0.39 is 0 Å². The van der Waals surface area contributed by atoms with Crippen LogP contribution in [0, 0.1) is 6.92 Å². The molecule has 0 spiro atoms. The minimum absolute atomic E-state index is 0.157. The molecule has 2 nitrogen and oxygen atoms in total. The van der Waals surface area contributed by atoms with Crippen molar-refractivity contribution in [1.82, 2.24) is 0 Å². The number of thiol groups is 1. The fourth-order valence-electron chi connectivity index (χ4n) is 0.976. The number of benzene rings is 1. The maximum atomic E-state index is 11.3. The Labute approximate surface area is 93.4 Å². The average Bonchev–Trinajstić information content (AvgIpc) is 2.11. The normalized spacial score (nSPS) is 9.64. The zero-order valence-corrected chi connectivity index (χ0v) is 9.32. The smallest absolute Gasteiger partial charge is 0.261 e. The van der Waals surface area contributed by atoms with Gasteiger partial charge in [-0.3, -0.25) is 4.79 Å². The topological polar surface area (TPSA) is 29.1 Å². The van der Waals surface area contributed by atoms with Crippen molar-refractivity contribution in [3.63, 3.8) is 0 Å². The molecule has 4 heteroatoms. The van der Waals surface area contributed by atoms with Crippen LogP contribution in [0.5, 0.6) is 0 Å². The highest BCUT2D eigenvalue weighted by Crippen LogP contribution is 2.25. The predicted molar refractivity (Wildman–Crippen MR) is 62.9 cm³/mol. The van der Waals surface area contributed by atoms with Crippen LogP contribution in [-0.4, -0.2) is 5.91 Å². The number of halogens is 1. The number of carbonyl (C=O) groups is 1. The first-order valence-electron chi connectivity index (χ1n) is 3.96. The third-order valence-corrected chi connectivity index (χ3v) is 2.24. The lowest BCUT2D eigenvalue weighted by molar-refractivity contribution is -0.112. The van der Waals surface area contributed by atoms with Gasteiger partial charge in [0.15, 0.2) is 0 Å². The first kappa shape index (κ1) is 11.1. The number of hydrogen-bond donors (Lipinski definition) is 2. The maximum Gasteiger partial charge on any atom is 0.261 e. The van der Waals surface area contributed by atoms with Gasteiger partial charge in [-0.1, -0.05) is 30.3 Å². The molecule has 0 saturated heterocycles. The number of aryl methyl sites for hydroxylation is 1. The largest absolute Gasteiger partial charge is 0.320 e. The van der Waals surface area contributed by atoms with E-state index in [0.29, 0.717) is 10.7 Å². The van der Waals surface area contributed by atoms with E-state index in [1.54, 1.807) is 6.07 Å². The number of anilines is 1. The van der Waals surface area contributed by atoms with Crippen LogP contribution < -0.4 is 5.32 Å². The van der Waals surface area contributed by atoms with Gasteiger partial charge in [0.25, 0.3) is 5.91 Å². The minimum Gasteiger partial charge on any atom is -0.320 e. The average molecular weight is 228 g/mol. The number of hydrogen-bond acceptors (Lipinski definition) is 2. The second-order valence-corrected chi connectivity index (χ2v) is 3.78. The van der Waals surface area contributed by atoms with Crippen molar-refractivity contribution in [2.24, 2.45) is 0 Å². The molecule has 0 fully saturated rings. The summed E-state index contributed by atoms with van der Waals surface area (Å²) in [5.41, 5.74) is 1.51. The van der Waals surface area contributed by atoms with E-state index in [9.17, 15) is 4.79 Å². The molecule has 0 aliphatic rings. The van der Waals surface area contributed by atoms with Crippen molar-refractivity contribution in [2.45, 2.75) is 6.92 Å². The highest BCUT2D eigenvalue weighted by atomic mass is 35.5. The Balaban J connectivity index is 2.97. The van der Waals surface area contributed by atoms with Crippen molar-refractivity contribution in [3.8, 4) is 0 Å². The second-order valence-electron chi connectivity index (χ2n) is 2.83. The molecular weight excluding hydrogens is 218 g/mol. The Bertz CT molecular complexity index is 369. The van der Waals surface area contributed by atoms with Crippen LogP contribution in [0.1, 0.15) is 5.56 Å². The molecule has 0 aliphatic carbocycles. The van der Waals surface area contributed by atoms with Gasteiger partial charge in [0.1, 0.15) is 0 Å². The van der Waals surface area contributed by atoms with E-state index in [1.807, 2.05) is 19.1 Å². The van der Waals surface area contributed by atoms with E-state index >= 15 is 0 Å². The van der Waals surface area contributed by atoms with E-state index in [1.165, 1.54) is 0 Å². The van der Waals surface area contributed by atoms with Crippen molar-refractivity contribution >= 4 is 35.8 Å². The molecule has 0 atom stereocenters. The van der Waals surface area contributed by atoms with Crippen LogP contribution in [0.15, 0.2) is 29.7 Å². The zero-order chi connectivity index (χ0) is 10.7. The molecule has 0 radical (unpaired) electrons. The number of amides is 1. The number of carbonyl (C=O) groups excluding carboxylic acids is 1. The summed E-state index contributed by atoms with van der Waals surface area (Å²) in [5, 5.41) is 3.14. The monoisotopic (exact) mass is 227 g/mol. The Hall–Kier alpha value is -0.930. The van der Waals surface area contributed by atoms with Gasteiger partial charge in [-0.2, -0.15) is 0 Å². The van der Waals surface area contributed by atoms with Crippen LogP contribution in [-0.2, 0) is 4.79 Å². The van der Waals surface area contributed by atoms with Crippen LogP contribution in [0.2, 0.25) is 5.02 Å². The fraction of sp³-hybridized carbons (Fsp3) is 0.100. The third-order valence-electron chi connectivity index (χ3n) is 1.72. The molecule has 0 bridgehead atoms. The summed E-state index contributed by atoms with van der Waals surface area (Å²) in [6.07, 6.45) is 0. The van der Waals surface area contributed by atoms with Gasteiger partial charge in [-0.15, -0.1) is 12.6 Å². The summed E-state index contributed by atoms with van der Waals surface area (Å²) in [6.45, 7) is 5.28. The summed E-state index contributed by atoms with van der Waals surface area (Å²) in [4.78, 5) is 11.4. The minimum atomic E-state index is -0.343. The molecule has 1 aromatic carbocycles. The zero-order valence-electron chi connectivity index (χ0n) is 7.67. The van der Waals surface area contributed by atoms with Crippen LogP contribution >= 0.6 is 24.2 Å². The predicted octanol–water partition coefficient (Wildman–Crippen LogP) is 3.03. The van der Waals surface area contributed by atoms with Crippen molar-refractivity contribution in [2.75, 3.05) is 5.32 Å². The molecule has 14 heavy (non-hydrogen) atoms. The molecule has 1 aromatic rings. The highest BCUT2D eigenvalue weighted by molar-refractivity contribution is 7.85. The third kappa shape index (κ3) is 2.53. The number of nitrogens with one attached hydrogen (secondary N) is 1. The van der Waals surface area contributed by atoms with E-state index in [-0.39, 0.29) is 10.8 Å². The summed E-state index contributed by atoms with van der Waals surface area (Å²) < 4.78 is 0. The Morgan fingerprint density at radius 1 is 1.57 bits per heavy atom. The SMILES string of the molecule is C=C(S)C(=O)Nc1c(C)cccc1Cl. The van der Waals surface area contributed by atoms with Gasteiger partial charge in [-0.05, 0) is 18.6 Å². The lowest BCUT2D eigenvalue weighted by atomic mass is 10.2. The Morgan fingerprint density at radius 3 is 2.71 bits per heavy atom.